The van der Waals surface area contributed by atoms with Crippen molar-refractivity contribution < 1.29 is 17.9 Å². The van der Waals surface area contributed by atoms with Gasteiger partial charge in [-0.3, -0.25) is 9.52 Å². The Morgan fingerprint density at radius 3 is 2.35 bits per heavy atom. The second-order valence-corrected chi connectivity index (χ2v) is 8.90. The number of carbonyl (C=O) groups is 1. The summed E-state index contributed by atoms with van der Waals surface area (Å²) in [7, 11) is -3.78. The molecule has 0 radical (unpaired) electrons. The summed E-state index contributed by atoms with van der Waals surface area (Å²) in [5, 5.41) is 3.11. The fourth-order valence-electron chi connectivity index (χ4n) is 2.95. The summed E-state index contributed by atoms with van der Waals surface area (Å²) in [5.41, 5.74) is 1.31. The van der Waals surface area contributed by atoms with Crippen molar-refractivity contribution in [3.63, 3.8) is 0 Å². The molecule has 0 saturated heterocycles. The lowest BCUT2D eigenvalue weighted by Gasteiger charge is -2.16. The van der Waals surface area contributed by atoms with Crippen LogP contribution in [0, 0.1) is 0 Å². The van der Waals surface area contributed by atoms with Crippen molar-refractivity contribution >= 4 is 33.2 Å². The van der Waals surface area contributed by atoms with Gasteiger partial charge in [-0.05, 0) is 61.9 Å². The highest BCUT2D eigenvalue weighted by Gasteiger charge is 2.18. The number of amides is 1. The summed E-state index contributed by atoms with van der Waals surface area (Å²) < 4.78 is 33.0. The molecule has 162 valence electrons. The van der Waals surface area contributed by atoms with Crippen molar-refractivity contribution in [2.45, 2.75) is 24.8 Å². The Labute approximate surface area is 187 Å². The highest BCUT2D eigenvalue weighted by Crippen LogP contribution is 2.24. The molecule has 3 aromatic carbocycles. The molecule has 0 bridgehead atoms. The number of hydrogen-bond acceptors (Lipinski definition) is 4. The van der Waals surface area contributed by atoms with Crippen LogP contribution < -0.4 is 14.8 Å². The molecular weight excluding hydrogens is 436 g/mol. The molecule has 3 aromatic rings. The second-order valence-electron chi connectivity index (χ2n) is 6.81. The first-order valence-electron chi connectivity index (χ1n) is 9.71. The van der Waals surface area contributed by atoms with Gasteiger partial charge in [0, 0.05) is 5.69 Å². The van der Waals surface area contributed by atoms with Gasteiger partial charge in [-0.2, -0.15) is 0 Å². The highest BCUT2D eigenvalue weighted by molar-refractivity contribution is 7.92. The van der Waals surface area contributed by atoms with Gasteiger partial charge in [0.2, 0.25) is 0 Å². The van der Waals surface area contributed by atoms with Gasteiger partial charge in [-0.25, -0.2) is 8.42 Å². The molecule has 0 aliphatic rings. The minimum Gasteiger partial charge on any atom is -0.494 e. The van der Waals surface area contributed by atoms with Crippen molar-refractivity contribution in [2.75, 3.05) is 11.3 Å². The van der Waals surface area contributed by atoms with Crippen molar-refractivity contribution in [1.82, 2.24) is 5.32 Å². The molecule has 0 saturated carbocycles. The molecule has 0 fully saturated rings. The van der Waals surface area contributed by atoms with Gasteiger partial charge in [0.15, 0.2) is 0 Å². The maximum atomic E-state index is 12.8. The normalized spacial score (nSPS) is 12.1. The Hall–Kier alpha value is -3.03. The average molecular weight is 459 g/mol. The molecular formula is C23H23ClN2O4S. The van der Waals surface area contributed by atoms with Crippen LogP contribution in [-0.2, 0) is 10.0 Å². The number of nitrogens with one attached hydrogen (secondary N) is 2. The predicted octanol–water partition coefficient (Wildman–Crippen LogP) is 5.03. The van der Waals surface area contributed by atoms with Crippen LogP contribution in [0.1, 0.15) is 35.8 Å². The maximum Gasteiger partial charge on any atom is 0.261 e. The van der Waals surface area contributed by atoms with Crippen molar-refractivity contribution in [1.29, 1.82) is 0 Å². The summed E-state index contributed by atoms with van der Waals surface area (Å²) in [6.45, 7) is 4.34. The summed E-state index contributed by atoms with van der Waals surface area (Å²) in [6, 6.07) is 19.5. The third-order valence-electron chi connectivity index (χ3n) is 4.56. The van der Waals surface area contributed by atoms with Crippen molar-refractivity contribution in [2.24, 2.45) is 0 Å². The molecule has 0 spiro atoms. The fraction of sp³-hybridized carbons (Fsp3) is 0.174. The van der Waals surface area contributed by atoms with Gasteiger partial charge in [-0.15, -0.1) is 0 Å². The Bertz CT molecular complexity index is 1150. The molecule has 0 heterocycles. The topological polar surface area (TPSA) is 84.5 Å². The minimum absolute atomic E-state index is 0.125. The SMILES string of the molecule is CCOc1ccc(C(C)NC(=O)c2cc(NS(=O)(=O)c3ccccc3)ccc2Cl)cc1. The highest BCUT2D eigenvalue weighted by atomic mass is 35.5. The average Bonchev–Trinajstić information content (AvgIpc) is 2.76. The number of carbonyl (C=O) groups excluding carboxylic acids is 1. The molecule has 0 aromatic heterocycles. The van der Waals surface area contributed by atoms with E-state index in [1.54, 1.807) is 18.2 Å². The van der Waals surface area contributed by atoms with Gasteiger partial charge >= 0.3 is 0 Å². The zero-order valence-corrected chi connectivity index (χ0v) is 18.7. The van der Waals surface area contributed by atoms with E-state index in [4.69, 9.17) is 16.3 Å². The van der Waals surface area contributed by atoms with E-state index in [9.17, 15) is 13.2 Å². The lowest BCUT2D eigenvalue weighted by atomic mass is 10.1. The Balaban J connectivity index is 1.75. The van der Waals surface area contributed by atoms with E-state index >= 15 is 0 Å². The van der Waals surface area contributed by atoms with Crippen LogP contribution in [0.15, 0.2) is 77.7 Å². The van der Waals surface area contributed by atoms with Crippen LogP contribution in [0.5, 0.6) is 5.75 Å². The van der Waals surface area contributed by atoms with Crippen molar-refractivity contribution in [3.05, 3.63) is 88.9 Å². The summed E-state index contributed by atoms with van der Waals surface area (Å²) >= 11 is 6.21. The lowest BCUT2D eigenvalue weighted by molar-refractivity contribution is 0.0940. The van der Waals surface area contributed by atoms with Crippen LogP contribution in [0.2, 0.25) is 5.02 Å². The molecule has 8 heteroatoms. The minimum atomic E-state index is -3.78. The van der Waals surface area contributed by atoms with E-state index in [-0.39, 0.29) is 27.2 Å². The van der Waals surface area contributed by atoms with Crippen LogP contribution in [0.4, 0.5) is 5.69 Å². The Morgan fingerprint density at radius 2 is 1.71 bits per heavy atom. The van der Waals surface area contributed by atoms with Gasteiger partial charge in [0.1, 0.15) is 5.75 Å². The third kappa shape index (κ3) is 5.77. The number of halogens is 1. The largest absolute Gasteiger partial charge is 0.494 e. The summed E-state index contributed by atoms with van der Waals surface area (Å²) in [6.07, 6.45) is 0. The molecule has 31 heavy (non-hydrogen) atoms. The van der Waals surface area contributed by atoms with E-state index in [1.807, 2.05) is 38.1 Å². The molecule has 0 aliphatic heterocycles. The lowest BCUT2D eigenvalue weighted by Crippen LogP contribution is -2.27. The second kappa shape index (κ2) is 9.85. The Kier molecular flexibility index (Phi) is 7.20. The molecule has 2 N–H and O–H groups in total. The fourth-order valence-corrected chi connectivity index (χ4v) is 4.23. The van der Waals surface area contributed by atoms with E-state index in [2.05, 4.69) is 10.0 Å². The number of ether oxygens (including phenoxy) is 1. The van der Waals surface area contributed by atoms with Crippen LogP contribution in [-0.4, -0.2) is 20.9 Å². The quantitative estimate of drug-likeness (QED) is 0.495. The van der Waals surface area contributed by atoms with Crippen molar-refractivity contribution in [3.8, 4) is 5.75 Å². The van der Waals surface area contributed by atoms with Gasteiger partial charge < -0.3 is 10.1 Å². The number of anilines is 1. The van der Waals surface area contributed by atoms with Gasteiger partial charge in [0.05, 0.1) is 28.1 Å². The molecule has 3 rings (SSSR count). The van der Waals surface area contributed by atoms with Crippen LogP contribution >= 0.6 is 11.6 Å². The van der Waals surface area contributed by atoms with E-state index in [0.29, 0.717) is 6.61 Å². The number of benzene rings is 3. The van der Waals surface area contributed by atoms with Crippen LogP contribution in [0.25, 0.3) is 0 Å². The molecule has 1 unspecified atom stereocenters. The molecule has 0 aliphatic carbocycles. The molecule has 1 amide bonds. The standard InChI is InChI=1S/C23H23ClN2O4S/c1-3-30-19-12-9-17(10-13-19)16(2)25-23(27)21-15-18(11-14-22(21)24)26-31(28,29)20-7-5-4-6-8-20/h4-16,26H,3H2,1-2H3,(H,25,27). The summed E-state index contributed by atoms with van der Waals surface area (Å²) in [4.78, 5) is 12.9. The van der Waals surface area contributed by atoms with Crippen LogP contribution in [0.3, 0.4) is 0 Å². The first kappa shape index (κ1) is 22.7. The molecule has 1 atom stereocenters. The number of hydrogen-bond donors (Lipinski definition) is 2. The number of rotatable bonds is 8. The third-order valence-corrected chi connectivity index (χ3v) is 6.28. The zero-order chi connectivity index (χ0) is 22.4. The smallest absolute Gasteiger partial charge is 0.261 e. The van der Waals surface area contributed by atoms with E-state index in [1.165, 1.54) is 30.3 Å². The zero-order valence-electron chi connectivity index (χ0n) is 17.1. The van der Waals surface area contributed by atoms with E-state index in [0.717, 1.165) is 11.3 Å². The van der Waals surface area contributed by atoms with Gasteiger partial charge in [0.25, 0.3) is 15.9 Å². The number of sulfonamides is 1. The monoisotopic (exact) mass is 458 g/mol. The van der Waals surface area contributed by atoms with Gasteiger partial charge in [-0.1, -0.05) is 41.9 Å². The first-order valence-corrected chi connectivity index (χ1v) is 11.6. The Morgan fingerprint density at radius 1 is 1.03 bits per heavy atom. The predicted molar refractivity (Wildman–Crippen MR) is 122 cm³/mol. The first-order chi connectivity index (χ1) is 14.8. The summed E-state index contributed by atoms with van der Waals surface area (Å²) in [5.74, 6) is 0.346. The maximum absolute atomic E-state index is 12.8. The molecule has 6 nitrogen and oxygen atoms in total. The van der Waals surface area contributed by atoms with E-state index < -0.39 is 15.9 Å².